The van der Waals surface area contributed by atoms with Crippen molar-refractivity contribution in [1.82, 2.24) is 14.5 Å². The first-order valence-corrected chi connectivity index (χ1v) is 11.9. The van der Waals surface area contributed by atoms with Gasteiger partial charge in [0.1, 0.15) is 5.69 Å². The molecule has 6 nitrogen and oxygen atoms in total. The van der Waals surface area contributed by atoms with Gasteiger partial charge in [-0.1, -0.05) is 29.8 Å². The molecule has 0 saturated heterocycles. The molecular formula is C27H24ClN5O. The molecule has 1 aliphatic heterocycles. The molecule has 7 heteroatoms. The Morgan fingerprint density at radius 3 is 2.76 bits per heavy atom. The summed E-state index contributed by atoms with van der Waals surface area (Å²) >= 11 is 6.39. The number of ether oxygens (including phenoxy) is 1. The van der Waals surface area contributed by atoms with Crippen molar-refractivity contribution < 1.29 is 4.74 Å². The van der Waals surface area contributed by atoms with Crippen molar-refractivity contribution in [3.63, 3.8) is 0 Å². The number of nitrogens with zero attached hydrogens (tertiary/aromatic N) is 4. The molecule has 1 saturated carbocycles. The zero-order valence-corrected chi connectivity index (χ0v) is 19.6. The van der Waals surface area contributed by atoms with E-state index < -0.39 is 0 Å². The van der Waals surface area contributed by atoms with E-state index in [0.717, 1.165) is 70.2 Å². The second kappa shape index (κ2) is 8.61. The van der Waals surface area contributed by atoms with Gasteiger partial charge >= 0.3 is 0 Å². The molecule has 0 bridgehead atoms. The van der Waals surface area contributed by atoms with Crippen LogP contribution in [-0.2, 0) is 0 Å². The van der Waals surface area contributed by atoms with Gasteiger partial charge in [-0.25, -0.2) is 9.97 Å². The van der Waals surface area contributed by atoms with Crippen molar-refractivity contribution in [2.75, 3.05) is 12.4 Å². The van der Waals surface area contributed by atoms with E-state index in [1.807, 2.05) is 30.3 Å². The standard InChI is InChI=1S/C27H24ClN5O/c1-34-27-21(9-5-13-29-27)32-22-15-24-26(16-23(22)30-18-11-12-18)33(19-7-4-6-17(28)14-19)25-10-3-2-8-20(25)31-24/h4-10,13-16,18,32H,2-3,11-12H2,1H3. The Kier molecular flexibility index (Phi) is 5.30. The lowest BCUT2D eigenvalue weighted by Crippen LogP contribution is -2.40. The Morgan fingerprint density at radius 2 is 1.94 bits per heavy atom. The summed E-state index contributed by atoms with van der Waals surface area (Å²) in [6.07, 6.45) is 10.4. The Morgan fingerprint density at radius 1 is 1.06 bits per heavy atom. The van der Waals surface area contributed by atoms with Crippen molar-refractivity contribution in [3.8, 4) is 23.0 Å². The molecule has 0 radical (unpaired) electrons. The highest BCUT2D eigenvalue weighted by molar-refractivity contribution is 6.30. The molecule has 1 fully saturated rings. The molecular weight excluding hydrogens is 446 g/mol. The molecule has 1 aromatic heterocycles. The van der Waals surface area contributed by atoms with Crippen molar-refractivity contribution in [3.05, 3.63) is 75.8 Å². The average Bonchev–Trinajstić information content (AvgIpc) is 3.67. The van der Waals surface area contributed by atoms with Gasteiger partial charge in [0, 0.05) is 16.9 Å². The van der Waals surface area contributed by atoms with Gasteiger partial charge < -0.3 is 14.6 Å². The van der Waals surface area contributed by atoms with Gasteiger partial charge in [0.2, 0.25) is 5.88 Å². The van der Waals surface area contributed by atoms with E-state index in [-0.39, 0.29) is 0 Å². The lowest BCUT2D eigenvalue weighted by atomic mass is 10.1. The first-order valence-electron chi connectivity index (χ1n) is 11.5. The number of halogens is 1. The number of rotatable bonds is 5. The number of pyridine rings is 1. The highest BCUT2D eigenvalue weighted by atomic mass is 35.5. The first kappa shape index (κ1) is 20.9. The Hall–Kier alpha value is -3.64. The third kappa shape index (κ3) is 3.94. The van der Waals surface area contributed by atoms with Crippen LogP contribution < -0.4 is 26.1 Å². The summed E-state index contributed by atoms with van der Waals surface area (Å²) in [4.78, 5) is 14.4. The molecule has 2 heterocycles. The van der Waals surface area contributed by atoms with Crippen LogP contribution in [0.25, 0.3) is 29.2 Å². The molecule has 0 spiro atoms. The fourth-order valence-electron chi connectivity index (χ4n) is 4.35. The summed E-state index contributed by atoms with van der Waals surface area (Å²) in [5, 5.41) is 7.17. The quantitative estimate of drug-likeness (QED) is 0.476. The van der Waals surface area contributed by atoms with Gasteiger partial charge in [0.05, 0.1) is 46.3 Å². The number of hydrogen-bond donors (Lipinski definition) is 1. The second-order valence-electron chi connectivity index (χ2n) is 8.59. The van der Waals surface area contributed by atoms with E-state index in [1.54, 1.807) is 13.3 Å². The minimum Gasteiger partial charge on any atom is -0.480 e. The number of benzene rings is 2. The largest absolute Gasteiger partial charge is 0.480 e. The summed E-state index contributed by atoms with van der Waals surface area (Å²) in [5.41, 5.74) is 4.56. The molecule has 34 heavy (non-hydrogen) atoms. The lowest BCUT2D eigenvalue weighted by molar-refractivity contribution is 0.400. The average molecular weight is 470 g/mol. The number of anilines is 2. The molecule has 0 unspecified atom stereocenters. The van der Waals surface area contributed by atoms with Crippen molar-refractivity contribution in [2.24, 2.45) is 4.99 Å². The molecule has 2 aromatic rings. The van der Waals surface area contributed by atoms with Gasteiger partial charge in [-0.05, 0) is 68.1 Å². The van der Waals surface area contributed by atoms with E-state index in [0.29, 0.717) is 16.9 Å². The summed E-state index contributed by atoms with van der Waals surface area (Å²) in [6.45, 7) is 0. The first-order chi connectivity index (χ1) is 16.7. The lowest BCUT2D eigenvalue weighted by Gasteiger charge is -2.20. The van der Waals surface area contributed by atoms with E-state index in [9.17, 15) is 0 Å². The highest BCUT2D eigenvalue weighted by Gasteiger charge is 2.22. The van der Waals surface area contributed by atoms with Crippen LogP contribution in [0.15, 0.2) is 59.7 Å². The van der Waals surface area contributed by atoms with Crippen molar-refractivity contribution in [2.45, 2.75) is 31.7 Å². The molecule has 4 aliphatic rings. The van der Waals surface area contributed by atoms with Crippen LogP contribution in [0.5, 0.6) is 5.88 Å². The van der Waals surface area contributed by atoms with Crippen molar-refractivity contribution >= 4 is 35.1 Å². The number of hydrogen-bond acceptors (Lipinski definition) is 5. The van der Waals surface area contributed by atoms with Crippen LogP contribution in [0, 0.1) is 0 Å². The number of aromatic nitrogens is 3. The normalized spacial score (nSPS) is 15.4. The number of methoxy groups -OCH3 is 1. The molecule has 170 valence electrons. The second-order valence-corrected chi connectivity index (χ2v) is 9.02. The smallest absolute Gasteiger partial charge is 0.237 e. The summed E-state index contributed by atoms with van der Waals surface area (Å²) in [5.74, 6) is 0.537. The van der Waals surface area contributed by atoms with Crippen LogP contribution in [-0.4, -0.2) is 27.7 Å². The Labute approximate surface area is 202 Å². The monoisotopic (exact) mass is 469 g/mol. The van der Waals surface area contributed by atoms with Crippen LogP contribution in [0.2, 0.25) is 5.02 Å². The Bertz CT molecular complexity index is 1550. The minimum absolute atomic E-state index is 0.360. The van der Waals surface area contributed by atoms with Gasteiger partial charge in [0.15, 0.2) is 0 Å². The predicted octanol–water partition coefficient (Wildman–Crippen LogP) is 4.20. The van der Waals surface area contributed by atoms with Gasteiger partial charge in [-0.2, -0.15) is 0 Å². The molecule has 3 aliphatic carbocycles. The zero-order valence-electron chi connectivity index (χ0n) is 18.8. The fraction of sp³-hybridized carbons (Fsp3) is 0.222. The van der Waals surface area contributed by atoms with E-state index in [1.165, 1.54) is 0 Å². The van der Waals surface area contributed by atoms with Crippen molar-refractivity contribution in [1.29, 1.82) is 0 Å². The van der Waals surface area contributed by atoms with E-state index in [2.05, 4.69) is 45.2 Å². The third-order valence-electron chi connectivity index (χ3n) is 6.09. The molecule has 6 rings (SSSR count). The number of fused-ring (bicyclic) bond motifs is 2. The molecule has 1 N–H and O–H groups in total. The molecule has 1 aromatic carbocycles. The molecule has 0 atom stereocenters. The predicted molar refractivity (Wildman–Crippen MR) is 135 cm³/mol. The van der Waals surface area contributed by atoms with Crippen LogP contribution >= 0.6 is 11.6 Å². The van der Waals surface area contributed by atoms with Gasteiger partial charge in [0.25, 0.3) is 0 Å². The van der Waals surface area contributed by atoms with E-state index >= 15 is 0 Å². The maximum Gasteiger partial charge on any atom is 0.237 e. The van der Waals surface area contributed by atoms with Gasteiger partial charge in [-0.15, -0.1) is 0 Å². The maximum absolute atomic E-state index is 6.39. The highest BCUT2D eigenvalue weighted by Crippen LogP contribution is 2.29. The molecule has 0 amide bonds. The SMILES string of the molecule is COc1ncccc1Nc1cc2nc3c(n(-c4cccc(Cl)c4)c-2cc1=NC1CC1)=CCCC=3. The topological polar surface area (TPSA) is 64.3 Å². The Balaban J connectivity index is 1.64. The number of nitrogens with one attached hydrogen (secondary N) is 1. The summed E-state index contributed by atoms with van der Waals surface area (Å²) in [7, 11) is 1.62. The fourth-order valence-corrected chi connectivity index (χ4v) is 4.53. The van der Waals surface area contributed by atoms with Crippen LogP contribution in [0.3, 0.4) is 0 Å². The minimum atomic E-state index is 0.360. The summed E-state index contributed by atoms with van der Waals surface area (Å²) in [6, 6.07) is 16.4. The van der Waals surface area contributed by atoms with Gasteiger partial charge in [-0.3, -0.25) is 4.99 Å². The maximum atomic E-state index is 6.39. The summed E-state index contributed by atoms with van der Waals surface area (Å²) < 4.78 is 7.70. The third-order valence-corrected chi connectivity index (χ3v) is 6.32. The van der Waals surface area contributed by atoms with Crippen LogP contribution in [0.1, 0.15) is 25.7 Å². The van der Waals surface area contributed by atoms with E-state index in [4.69, 9.17) is 26.3 Å². The zero-order chi connectivity index (χ0) is 23.1. The van der Waals surface area contributed by atoms with Crippen LogP contribution in [0.4, 0.5) is 11.4 Å².